The second-order valence-corrected chi connectivity index (χ2v) is 4.95. The van der Waals surface area contributed by atoms with Gasteiger partial charge in [0.25, 0.3) is 5.91 Å². The lowest BCUT2D eigenvalue weighted by Crippen LogP contribution is -2.13. The highest BCUT2D eigenvalue weighted by Crippen LogP contribution is 2.18. The Morgan fingerprint density at radius 1 is 1.22 bits per heavy atom. The topological polar surface area (TPSA) is 42.0 Å². The summed E-state index contributed by atoms with van der Waals surface area (Å²) in [5.41, 5.74) is 3.58. The molecule has 0 bridgehead atoms. The van der Waals surface area contributed by atoms with Crippen molar-refractivity contribution in [1.82, 2.24) is 4.98 Å². The van der Waals surface area contributed by atoms with Gasteiger partial charge in [0, 0.05) is 17.4 Å². The number of nitrogens with zero attached hydrogens (tertiary/aromatic N) is 1. The number of halogens is 1. The smallest absolute Gasteiger partial charge is 0.255 e. The Morgan fingerprint density at radius 2 is 2.00 bits per heavy atom. The van der Waals surface area contributed by atoms with E-state index in [1.807, 2.05) is 32.0 Å². The Bertz CT molecular complexity index is 596. The van der Waals surface area contributed by atoms with E-state index in [2.05, 4.69) is 26.2 Å². The van der Waals surface area contributed by atoms with Crippen LogP contribution in [0, 0.1) is 13.8 Å². The van der Waals surface area contributed by atoms with Crippen LogP contribution >= 0.6 is 15.9 Å². The first-order valence-electron chi connectivity index (χ1n) is 5.56. The minimum Gasteiger partial charge on any atom is -0.322 e. The third kappa shape index (κ3) is 2.96. The molecule has 3 nitrogen and oxygen atoms in total. The van der Waals surface area contributed by atoms with E-state index in [1.54, 1.807) is 18.3 Å². The molecule has 0 fully saturated rings. The predicted molar refractivity (Wildman–Crippen MR) is 75.8 cm³/mol. The molecule has 0 unspecified atom stereocenters. The molecular formula is C14H13BrN2O. The van der Waals surface area contributed by atoms with Gasteiger partial charge in [0.05, 0.1) is 0 Å². The molecule has 2 rings (SSSR count). The number of nitrogens with one attached hydrogen (secondary N) is 1. The standard InChI is InChI=1S/C14H13BrN2O/c1-9-3-4-10(2)12(7-9)17-14(18)11-5-6-16-13(15)8-11/h3-8H,1-2H3,(H,17,18). The Kier molecular flexibility index (Phi) is 3.77. The monoisotopic (exact) mass is 304 g/mol. The van der Waals surface area contributed by atoms with E-state index in [0.29, 0.717) is 10.2 Å². The van der Waals surface area contributed by atoms with Crippen LogP contribution in [0.5, 0.6) is 0 Å². The molecule has 1 aromatic heterocycles. The molecule has 2 aromatic rings. The molecule has 18 heavy (non-hydrogen) atoms. The summed E-state index contributed by atoms with van der Waals surface area (Å²) < 4.78 is 0.649. The molecule has 0 aliphatic carbocycles. The summed E-state index contributed by atoms with van der Waals surface area (Å²) in [5, 5.41) is 2.91. The molecule has 0 aliphatic heterocycles. The third-order valence-corrected chi connectivity index (χ3v) is 3.06. The number of rotatable bonds is 2. The molecule has 0 saturated carbocycles. The van der Waals surface area contributed by atoms with Crippen LogP contribution < -0.4 is 5.32 Å². The number of benzene rings is 1. The van der Waals surface area contributed by atoms with Crippen molar-refractivity contribution in [1.29, 1.82) is 0 Å². The van der Waals surface area contributed by atoms with Crippen LogP contribution in [0.3, 0.4) is 0 Å². The van der Waals surface area contributed by atoms with Gasteiger partial charge in [0.2, 0.25) is 0 Å². The highest BCUT2D eigenvalue weighted by Gasteiger charge is 2.08. The van der Waals surface area contributed by atoms with E-state index in [-0.39, 0.29) is 5.91 Å². The lowest BCUT2D eigenvalue weighted by atomic mass is 10.1. The van der Waals surface area contributed by atoms with Gasteiger partial charge in [-0.1, -0.05) is 12.1 Å². The molecule has 0 spiro atoms. The van der Waals surface area contributed by atoms with E-state index in [9.17, 15) is 4.79 Å². The molecule has 92 valence electrons. The second-order valence-electron chi connectivity index (χ2n) is 4.14. The van der Waals surface area contributed by atoms with Gasteiger partial charge < -0.3 is 5.32 Å². The summed E-state index contributed by atoms with van der Waals surface area (Å²) in [6.45, 7) is 3.97. The van der Waals surface area contributed by atoms with Gasteiger partial charge in [-0.2, -0.15) is 0 Å². The first kappa shape index (κ1) is 12.8. The number of carbonyl (C=O) groups is 1. The van der Waals surface area contributed by atoms with Crippen molar-refractivity contribution < 1.29 is 4.79 Å². The fourth-order valence-electron chi connectivity index (χ4n) is 1.61. The maximum atomic E-state index is 12.1. The SMILES string of the molecule is Cc1ccc(C)c(NC(=O)c2ccnc(Br)c2)c1. The number of hydrogen-bond donors (Lipinski definition) is 1. The molecule has 1 amide bonds. The van der Waals surface area contributed by atoms with Crippen LogP contribution in [0.15, 0.2) is 41.1 Å². The van der Waals surface area contributed by atoms with Crippen molar-refractivity contribution in [2.75, 3.05) is 5.32 Å². The average Bonchev–Trinajstić information content (AvgIpc) is 2.34. The summed E-state index contributed by atoms with van der Waals surface area (Å²) in [5.74, 6) is -0.133. The highest BCUT2D eigenvalue weighted by atomic mass is 79.9. The normalized spacial score (nSPS) is 10.2. The zero-order chi connectivity index (χ0) is 13.1. The first-order chi connectivity index (χ1) is 8.56. The molecule has 0 atom stereocenters. The van der Waals surface area contributed by atoms with Crippen LogP contribution in [0.2, 0.25) is 0 Å². The molecule has 1 aromatic carbocycles. The number of pyridine rings is 1. The number of carbonyl (C=O) groups excluding carboxylic acids is 1. The van der Waals surface area contributed by atoms with Gasteiger partial charge in [0.1, 0.15) is 4.60 Å². The summed E-state index contributed by atoms with van der Waals surface area (Å²) in [7, 11) is 0. The predicted octanol–water partition coefficient (Wildman–Crippen LogP) is 3.71. The van der Waals surface area contributed by atoms with E-state index in [4.69, 9.17) is 0 Å². The van der Waals surface area contributed by atoms with Crippen LogP contribution in [-0.2, 0) is 0 Å². The minimum atomic E-state index is -0.133. The highest BCUT2D eigenvalue weighted by molar-refractivity contribution is 9.10. The van der Waals surface area contributed by atoms with Gasteiger partial charge in [-0.25, -0.2) is 4.98 Å². The van der Waals surface area contributed by atoms with E-state index in [0.717, 1.165) is 16.8 Å². The van der Waals surface area contributed by atoms with Crippen molar-refractivity contribution in [3.63, 3.8) is 0 Å². The quantitative estimate of drug-likeness (QED) is 0.859. The maximum Gasteiger partial charge on any atom is 0.255 e. The van der Waals surface area contributed by atoms with Crippen molar-refractivity contribution in [2.45, 2.75) is 13.8 Å². The summed E-state index contributed by atoms with van der Waals surface area (Å²) >= 11 is 3.25. The van der Waals surface area contributed by atoms with Crippen molar-refractivity contribution in [2.24, 2.45) is 0 Å². The van der Waals surface area contributed by atoms with E-state index >= 15 is 0 Å². The number of aryl methyl sites for hydroxylation is 2. The summed E-state index contributed by atoms with van der Waals surface area (Å²) in [6.07, 6.45) is 1.60. The first-order valence-corrected chi connectivity index (χ1v) is 6.36. The molecule has 0 radical (unpaired) electrons. The van der Waals surface area contributed by atoms with Crippen LogP contribution in [0.4, 0.5) is 5.69 Å². The molecule has 0 saturated heterocycles. The zero-order valence-corrected chi connectivity index (χ0v) is 11.8. The van der Waals surface area contributed by atoms with Gasteiger partial charge >= 0.3 is 0 Å². The molecule has 1 N–H and O–H groups in total. The maximum absolute atomic E-state index is 12.1. The molecule has 0 aliphatic rings. The van der Waals surface area contributed by atoms with Gasteiger partial charge in [0.15, 0.2) is 0 Å². The Balaban J connectivity index is 2.24. The van der Waals surface area contributed by atoms with Gasteiger partial charge in [-0.3, -0.25) is 4.79 Å². The van der Waals surface area contributed by atoms with Gasteiger partial charge in [-0.15, -0.1) is 0 Å². The van der Waals surface area contributed by atoms with Crippen LogP contribution in [0.25, 0.3) is 0 Å². The molecular weight excluding hydrogens is 292 g/mol. The average molecular weight is 305 g/mol. The van der Waals surface area contributed by atoms with E-state index in [1.165, 1.54) is 0 Å². The summed E-state index contributed by atoms with van der Waals surface area (Å²) in [4.78, 5) is 16.1. The minimum absolute atomic E-state index is 0.133. The number of aromatic nitrogens is 1. The summed E-state index contributed by atoms with van der Waals surface area (Å²) in [6, 6.07) is 9.36. The largest absolute Gasteiger partial charge is 0.322 e. The Hall–Kier alpha value is -1.68. The third-order valence-electron chi connectivity index (χ3n) is 2.63. The number of amides is 1. The fraction of sp³-hybridized carbons (Fsp3) is 0.143. The number of anilines is 1. The second kappa shape index (κ2) is 5.31. The molecule has 4 heteroatoms. The van der Waals surface area contributed by atoms with Crippen LogP contribution in [0.1, 0.15) is 21.5 Å². The lowest BCUT2D eigenvalue weighted by molar-refractivity contribution is 0.102. The Labute approximate surface area is 114 Å². The van der Waals surface area contributed by atoms with Crippen molar-refractivity contribution in [3.8, 4) is 0 Å². The zero-order valence-electron chi connectivity index (χ0n) is 10.2. The Morgan fingerprint density at radius 3 is 2.72 bits per heavy atom. The lowest BCUT2D eigenvalue weighted by Gasteiger charge is -2.09. The van der Waals surface area contributed by atoms with E-state index < -0.39 is 0 Å². The molecule has 1 heterocycles. The van der Waals surface area contributed by atoms with Gasteiger partial charge in [-0.05, 0) is 59.1 Å². The van der Waals surface area contributed by atoms with Crippen molar-refractivity contribution >= 4 is 27.5 Å². The van der Waals surface area contributed by atoms with Crippen molar-refractivity contribution in [3.05, 3.63) is 57.8 Å². The fourth-order valence-corrected chi connectivity index (χ4v) is 1.97. The van der Waals surface area contributed by atoms with Crippen LogP contribution in [-0.4, -0.2) is 10.9 Å². The number of hydrogen-bond acceptors (Lipinski definition) is 2.